The molecule has 9 nitrogen and oxygen atoms in total. The molecule has 0 aromatic heterocycles. The van der Waals surface area contributed by atoms with Crippen molar-refractivity contribution >= 4 is 10.1 Å². The molecule has 4 rings (SSSR count). The number of hydrogen-bond donors (Lipinski definition) is 1. The molecular formula is C30H30O9S. The van der Waals surface area contributed by atoms with Gasteiger partial charge in [0.05, 0.1) is 42.7 Å². The van der Waals surface area contributed by atoms with E-state index < -0.39 is 10.1 Å². The minimum absolute atomic E-state index is 0.167. The lowest BCUT2D eigenvalue weighted by Crippen LogP contribution is -2.06. The Labute approximate surface area is 233 Å². The molecule has 0 heterocycles. The van der Waals surface area contributed by atoms with E-state index in [-0.39, 0.29) is 16.0 Å². The summed E-state index contributed by atoms with van der Waals surface area (Å²) in [6.07, 6.45) is 0. The van der Waals surface area contributed by atoms with Crippen LogP contribution in [0.15, 0.2) is 71.6 Å². The van der Waals surface area contributed by atoms with Crippen LogP contribution in [0, 0.1) is 0 Å². The van der Waals surface area contributed by atoms with Crippen molar-refractivity contribution in [2.45, 2.75) is 4.90 Å². The summed E-state index contributed by atoms with van der Waals surface area (Å²) in [6, 6.07) is 18.6. The number of ether oxygens (including phenoxy) is 6. The van der Waals surface area contributed by atoms with Crippen LogP contribution in [0.3, 0.4) is 0 Å². The van der Waals surface area contributed by atoms with Crippen molar-refractivity contribution in [1.29, 1.82) is 0 Å². The van der Waals surface area contributed by atoms with Crippen LogP contribution in [-0.4, -0.2) is 55.6 Å². The molecule has 0 fully saturated rings. The molecule has 1 N–H and O–H groups in total. The van der Waals surface area contributed by atoms with Crippen molar-refractivity contribution in [1.82, 2.24) is 0 Å². The van der Waals surface area contributed by atoms with Gasteiger partial charge in [-0.25, -0.2) is 0 Å². The van der Waals surface area contributed by atoms with Crippen molar-refractivity contribution in [3.63, 3.8) is 0 Å². The molecule has 4 aromatic rings. The quantitative estimate of drug-likeness (QED) is 0.232. The fourth-order valence-corrected chi connectivity index (χ4v) is 5.44. The van der Waals surface area contributed by atoms with Gasteiger partial charge < -0.3 is 28.4 Å². The Morgan fingerprint density at radius 2 is 0.825 bits per heavy atom. The van der Waals surface area contributed by atoms with Gasteiger partial charge >= 0.3 is 0 Å². The number of rotatable bonds is 10. The van der Waals surface area contributed by atoms with Crippen LogP contribution < -0.4 is 28.4 Å². The highest BCUT2D eigenvalue weighted by Gasteiger charge is 2.28. The minimum Gasteiger partial charge on any atom is -0.497 e. The molecule has 10 heteroatoms. The summed E-state index contributed by atoms with van der Waals surface area (Å²) in [5.41, 5.74) is 2.28. The maximum absolute atomic E-state index is 13.2. The highest BCUT2D eigenvalue weighted by atomic mass is 32.2. The summed E-state index contributed by atoms with van der Waals surface area (Å²) in [4.78, 5) is -0.351. The van der Waals surface area contributed by atoms with E-state index in [2.05, 4.69) is 0 Å². The van der Waals surface area contributed by atoms with E-state index in [1.54, 1.807) is 73.8 Å². The highest BCUT2D eigenvalue weighted by Crippen LogP contribution is 2.47. The summed E-state index contributed by atoms with van der Waals surface area (Å²) in [5.74, 6) is 2.74. The predicted octanol–water partition coefficient (Wildman–Crippen LogP) is 5.99. The lowest BCUT2D eigenvalue weighted by Gasteiger charge is -2.20. The second-order valence-electron chi connectivity index (χ2n) is 8.57. The van der Waals surface area contributed by atoms with Crippen molar-refractivity contribution in [3.05, 3.63) is 66.7 Å². The van der Waals surface area contributed by atoms with Crippen LogP contribution in [0.5, 0.6) is 34.5 Å². The Morgan fingerprint density at radius 1 is 0.475 bits per heavy atom. The first-order valence-corrected chi connectivity index (χ1v) is 13.5. The molecule has 0 saturated carbocycles. The standard InChI is InChI=1S/C30H30O9S/c1-34-19-7-10-27(37-4)22(15-19)18-13-25(23-16-20(35-2)8-11-28(23)38-5)30(40(31,32)33)26(14-18)24-17-21(36-3)9-12-29(24)39-6/h7-17H,1-6H3,(H,31,32,33). The molecule has 0 atom stereocenters. The normalized spacial score (nSPS) is 11.1. The first-order valence-electron chi connectivity index (χ1n) is 12.0. The Hall–Kier alpha value is -4.41. The van der Waals surface area contributed by atoms with Gasteiger partial charge in [0.25, 0.3) is 10.1 Å². The molecule has 0 aliphatic carbocycles. The Morgan fingerprint density at radius 3 is 1.15 bits per heavy atom. The van der Waals surface area contributed by atoms with Crippen LogP contribution in [0.25, 0.3) is 33.4 Å². The summed E-state index contributed by atoms with van der Waals surface area (Å²) < 4.78 is 70.2. The zero-order valence-corrected chi connectivity index (χ0v) is 23.8. The molecule has 0 aliphatic heterocycles. The molecule has 0 radical (unpaired) electrons. The van der Waals surface area contributed by atoms with Gasteiger partial charge in [0.2, 0.25) is 0 Å². The van der Waals surface area contributed by atoms with E-state index in [1.807, 2.05) is 0 Å². The molecule has 210 valence electrons. The zero-order valence-electron chi connectivity index (χ0n) is 23.0. The average molecular weight is 567 g/mol. The summed E-state index contributed by atoms with van der Waals surface area (Å²) >= 11 is 0. The van der Waals surface area contributed by atoms with Gasteiger partial charge in [-0.3, -0.25) is 4.55 Å². The van der Waals surface area contributed by atoms with Crippen LogP contribution >= 0.6 is 0 Å². The lowest BCUT2D eigenvalue weighted by atomic mass is 9.91. The molecule has 0 unspecified atom stereocenters. The molecular weight excluding hydrogens is 536 g/mol. The third-order valence-electron chi connectivity index (χ3n) is 6.46. The van der Waals surface area contributed by atoms with Crippen LogP contribution in [0.2, 0.25) is 0 Å². The van der Waals surface area contributed by atoms with E-state index in [9.17, 15) is 13.0 Å². The number of methoxy groups -OCH3 is 6. The van der Waals surface area contributed by atoms with E-state index in [0.717, 1.165) is 0 Å². The summed E-state index contributed by atoms with van der Waals surface area (Å²) in [6.45, 7) is 0. The molecule has 0 bridgehead atoms. The fraction of sp³-hybridized carbons (Fsp3) is 0.200. The van der Waals surface area contributed by atoms with Crippen molar-refractivity contribution in [3.8, 4) is 67.9 Å². The van der Waals surface area contributed by atoms with E-state index in [0.29, 0.717) is 56.8 Å². The van der Waals surface area contributed by atoms with Crippen molar-refractivity contribution < 1.29 is 41.4 Å². The second-order valence-corrected chi connectivity index (χ2v) is 9.93. The van der Waals surface area contributed by atoms with Gasteiger partial charge in [0.1, 0.15) is 39.4 Å². The Balaban J connectivity index is 2.25. The first kappa shape index (κ1) is 28.6. The largest absolute Gasteiger partial charge is 0.497 e. The lowest BCUT2D eigenvalue weighted by molar-refractivity contribution is 0.404. The Kier molecular flexibility index (Phi) is 8.41. The van der Waals surface area contributed by atoms with Crippen molar-refractivity contribution in [2.24, 2.45) is 0 Å². The molecule has 0 spiro atoms. The zero-order chi connectivity index (χ0) is 29.0. The number of benzene rings is 4. The van der Waals surface area contributed by atoms with Crippen LogP contribution in [0.1, 0.15) is 0 Å². The molecule has 40 heavy (non-hydrogen) atoms. The third-order valence-corrected chi connectivity index (χ3v) is 7.41. The highest BCUT2D eigenvalue weighted by molar-refractivity contribution is 7.86. The molecule has 4 aromatic carbocycles. The maximum Gasteiger partial charge on any atom is 0.295 e. The van der Waals surface area contributed by atoms with Crippen LogP contribution in [0.4, 0.5) is 0 Å². The average Bonchev–Trinajstić information content (AvgIpc) is 2.98. The van der Waals surface area contributed by atoms with Crippen LogP contribution in [-0.2, 0) is 10.1 Å². The maximum atomic E-state index is 13.2. The molecule has 0 saturated heterocycles. The minimum atomic E-state index is -4.83. The summed E-state index contributed by atoms with van der Waals surface area (Å²) in [7, 11) is 4.20. The third kappa shape index (κ3) is 5.49. The van der Waals surface area contributed by atoms with E-state index in [1.165, 1.54) is 35.5 Å². The van der Waals surface area contributed by atoms with E-state index in [4.69, 9.17) is 28.4 Å². The van der Waals surface area contributed by atoms with Crippen molar-refractivity contribution in [2.75, 3.05) is 42.7 Å². The monoisotopic (exact) mass is 566 g/mol. The van der Waals surface area contributed by atoms with Gasteiger partial charge in [-0.2, -0.15) is 8.42 Å². The van der Waals surface area contributed by atoms with Gasteiger partial charge in [-0.05, 0) is 72.3 Å². The van der Waals surface area contributed by atoms with Gasteiger partial charge in [-0.15, -0.1) is 0 Å². The topological polar surface area (TPSA) is 110 Å². The summed E-state index contributed by atoms with van der Waals surface area (Å²) in [5, 5.41) is 0. The SMILES string of the molecule is COc1ccc(OC)c(-c2cc(-c3cc(OC)ccc3OC)c(S(=O)(=O)O)c(-c3cc(OC)ccc3OC)c2)c1. The number of hydrogen-bond acceptors (Lipinski definition) is 8. The Bertz CT molecular complexity index is 1570. The fourth-order valence-electron chi connectivity index (χ4n) is 4.55. The van der Waals surface area contributed by atoms with Gasteiger partial charge in [-0.1, -0.05) is 0 Å². The predicted molar refractivity (Wildman–Crippen MR) is 152 cm³/mol. The van der Waals surface area contributed by atoms with E-state index >= 15 is 0 Å². The molecule has 0 amide bonds. The molecule has 0 aliphatic rings. The smallest absolute Gasteiger partial charge is 0.295 e. The second kappa shape index (κ2) is 11.8. The first-order chi connectivity index (χ1) is 19.2. The van der Waals surface area contributed by atoms with Gasteiger partial charge in [0.15, 0.2) is 0 Å². The van der Waals surface area contributed by atoms with Gasteiger partial charge in [0, 0.05) is 27.8 Å².